The summed E-state index contributed by atoms with van der Waals surface area (Å²) in [6.45, 7) is 1.97. The van der Waals surface area contributed by atoms with Crippen molar-refractivity contribution in [1.82, 2.24) is 0 Å². The van der Waals surface area contributed by atoms with Crippen molar-refractivity contribution in [1.29, 1.82) is 0 Å². The minimum Gasteiger partial charge on any atom is -0.368 e. The van der Waals surface area contributed by atoms with E-state index in [0.29, 0.717) is 0 Å². The molecule has 1 atom stereocenters. The highest BCUT2D eigenvalue weighted by Gasteiger charge is 2.10. The van der Waals surface area contributed by atoms with E-state index >= 15 is 0 Å². The van der Waals surface area contributed by atoms with Crippen LogP contribution in [-0.4, -0.2) is 5.91 Å². The third-order valence-corrected chi connectivity index (χ3v) is 1.74. The maximum Gasteiger partial charge on any atom is 0.238 e. The Morgan fingerprint density at radius 1 is 1.33 bits per heavy atom. The van der Waals surface area contributed by atoms with Crippen LogP contribution in [0, 0.1) is 6.92 Å². The molecule has 0 aliphatic rings. The second kappa shape index (κ2) is 3.36. The highest BCUT2D eigenvalue weighted by atomic mass is 16.1. The Bertz CT molecular complexity index is 279. The maximum atomic E-state index is 10.7. The van der Waals surface area contributed by atoms with Crippen molar-refractivity contribution in [2.24, 2.45) is 11.5 Å². The van der Waals surface area contributed by atoms with Gasteiger partial charge in [-0.25, -0.2) is 0 Å². The highest BCUT2D eigenvalue weighted by molar-refractivity contribution is 5.81. The summed E-state index contributed by atoms with van der Waals surface area (Å²) in [6.07, 6.45) is 0. The van der Waals surface area contributed by atoms with Crippen LogP contribution >= 0.6 is 0 Å². The van der Waals surface area contributed by atoms with E-state index in [1.807, 2.05) is 31.2 Å². The fourth-order valence-corrected chi connectivity index (χ4v) is 0.938. The normalized spacial score (nSPS) is 12.5. The molecule has 0 radical (unpaired) electrons. The molecule has 0 aliphatic heterocycles. The van der Waals surface area contributed by atoms with Crippen molar-refractivity contribution in [3.63, 3.8) is 0 Å². The Morgan fingerprint density at radius 3 is 2.25 bits per heavy atom. The van der Waals surface area contributed by atoms with Crippen molar-refractivity contribution >= 4 is 5.91 Å². The summed E-state index contributed by atoms with van der Waals surface area (Å²) >= 11 is 0. The summed E-state index contributed by atoms with van der Waals surface area (Å²) in [7, 11) is 0. The monoisotopic (exact) mass is 164 g/mol. The molecule has 1 aromatic carbocycles. The van der Waals surface area contributed by atoms with Gasteiger partial charge in [0.15, 0.2) is 0 Å². The molecule has 3 heteroatoms. The summed E-state index contributed by atoms with van der Waals surface area (Å²) in [5.74, 6) is -0.501. The topological polar surface area (TPSA) is 69.1 Å². The van der Waals surface area contributed by atoms with Crippen LogP contribution in [0.4, 0.5) is 0 Å². The van der Waals surface area contributed by atoms with Gasteiger partial charge in [-0.05, 0) is 12.5 Å². The number of nitrogens with two attached hydrogens (primary N) is 2. The van der Waals surface area contributed by atoms with Crippen LogP contribution in [-0.2, 0) is 4.79 Å². The summed E-state index contributed by atoms with van der Waals surface area (Å²) in [5.41, 5.74) is 12.4. The number of carbonyl (C=O) groups excluding carboxylic acids is 1. The van der Waals surface area contributed by atoms with Gasteiger partial charge in [0.05, 0.1) is 0 Å². The van der Waals surface area contributed by atoms with E-state index in [0.717, 1.165) is 11.1 Å². The predicted molar refractivity (Wildman–Crippen MR) is 47.3 cm³/mol. The van der Waals surface area contributed by atoms with E-state index in [-0.39, 0.29) is 0 Å². The number of aryl methyl sites for hydroxylation is 1. The summed E-state index contributed by atoms with van der Waals surface area (Å²) in [5, 5.41) is 0. The third kappa shape index (κ3) is 1.83. The molecule has 64 valence electrons. The van der Waals surface area contributed by atoms with Gasteiger partial charge < -0.3 is 11.5 Å². The van der Waals surface area contributed by atoms with Crippen LogP contribution < -0.4 is 11.5 Å². The van der Waals surface area contributed by atoms with E-state index < -0.39 is 11.9 Å². The molecule has 0 aliphatic carbocycles. The van der Waals surface area contributed by atoms with Gasteiger partial charge in [0.1, 0.15) is 6.04 Å². The van der Waals surface area contributed by atoms with Crippen LogP contribution in [0.5, 0.6) is 0 Å². The van der Waals surface area contributed by atoms with Crippen molar-refractivity contribution < 1.29 is 4.79 Å². The van der Waals surface area contributed by atoms with Gasteiger partial charge in [-0.15, -0.1) is 0 Å². The zero-order valence-electron chi connectivity index (χ0n) is 6.95. The molecular weight excluding hydrogens is 152 g/mol. The second-order valence-electron chi connectivity index (χ2n) is 2.79. The number of primary amides is 1. The molecule has 0 spiro atoms. The average molecular weight is 164 g/mol. The molecule has 1 rings (SSSR count). The highest BCUT2D eigenvalue weighted by Crippen LogP contribution is 2.10. The Hall–Kier alpha value is -1.35. The fourth-order valence-electron chi connectivity index (χ4n) is 0.938. The van der Waals surface area contributed by atoms with Gasteiger partial charge in [0.25, 0.3) is 0 Å². The van der Waals surface area contributed by atoms with Crippen LogP contribution in [0.3, 0.4) is 0 Å². The van der Waals surface area contributed by atoms with E-state index in [9.17, 15) is 4.79 Å². The predicted octanol–water partition coefficient (Wildman–Crippen LogP) is 0.480. The Balaban J connectivity index is 2.89. The third-order valence-electron chi connectivity index (χ3n) is 1.74. The van der Waals surface area contributed by atoms with Crippen LogP contribution in [0.15, 0.2) is 24.3 Å². The molecule has 4 N–H and O–H groups in total. The van der Waals surface area contributed by atoms with Gasteiger partial charge in [-0.3, -0.25) is 4.79 Å². The number of hydrogen-bond acceptors (Lipinski definition) is 2. The molecule has 3 nitrogen and oxygen atoms in total. The first-order chi connectivity index (χ1) is 5.61. The molecule has 0 aromatic heterocycles. The van der Waals surface area contributed by atoms with Gasteiger partial charge in [0.2, 0.25) is 5.91 Å². The van der Waals surface area contributed by atoms with E-state index in [1.165, 1.54) is 0 Å². The van der Waals surface area contributed by atoms with E-state index in [2.05, 4.69) is 0 Å². The Kier molecular flexibility index (Phi) is 2.45. The SMILES string of the molecule is Cc1ccc([C@H](N)C(N)=O)cc1. The molecule has 0 bridgehead atoms. The lowest BCUT2D eigenvalue weighted by Crippen LogP contribution is -2.28. The summed E-state index contributed by atoms with van der Waals surface area (Å²) < 4.78 is 0. The van der Waals surface area contributed by atoms with Crippen molar-refractivity contribution in [2.75, 3.05) is 0 Å². The maximum absolute atomic E-state index is 10.7. The number of amides is 1. The zero-order valence-corrected chi connectivity index (χ0v) is 6.95. The number of carbonyl (C=O) groups is 1. The second-order valence-corrected chi connectivity index (χ2v) is 2.79. The van der Waals surface area contributed by atoms with Crippen LogP contribution in [0.1, 0.15) is 17.2 Å². The summed E-state index contributed by atoms with van der Waals surface area (Å²) in [4.78, 5) is 10.7. The first-order valence-electron chi connectivity index (χ1n) is 3.72. The minimum absolute atomic E-state index is 0.501. The molecule has 1 aromatic rings. The van der Waals surface area contributed by atoms with Gasteiger partial charge in [-0.1, -0.05) is 29.8 Å². The zero-order chi connectivity index (χ0) is 9.14. The van der Waals surface area contributed by atoms with Gasteiger partial charge in [-0.2, -0.15) is 0 Å². The fraction of sp³-hybridized carbons (Fsp3) is 0.222. The molecule has 0 unspecified atom stereocenters. The van der Waals surface area contributed by atoms with Crippen LogP contribution in [0.25, 0.3) is 0 Å². The largest absolute Gasteiger partial charge is 0.368 e. The lowest BCUT2D eigenvalue weighted by atomic mass is 10.1. The standard InChI is InChI=1S/C9H12N2O/c1-6-2-4-7(5-3-6)8(10)9(11)12/h2-5,8H,10H2,1H3,(H2,11,12)/t8-/m0/s1. The summed E-state index contributed by atoms with van der Waals surface area (Å²) in [6, 6.07) is 6.73. The lowest BCUT2D eigenvalue weighted by Gasteiger charge is -2.06. The van der Waals surface area contributed by atoms with Crippen LogP contribution in [0.2, 0.25) is 0 Å². The van der Waals surface area contributed by atoms with Crippen molar-refractivity contribution in [3.8, 4) is 0 Å². The lowest BCUT2D eigenvalue weighted by molar-refractivity contribution is -0.119. The smallest absolute Gasteiger partial charge is 0.238 e. The molecular formula is C9H12N2O. The molecule has 0 saturated carbocycles. The Morgan fingerprint density at radius 2 is 1.83 bits per heavy atom. The van der Waals surface area contributed by atoms with Gasteiger partial charge >= 0.3 is 0 Å². The molecule has 0 heterocycles. The molecule has 0 saturated heterocycles. The molecule has 1 amide bonds. The number of hydrogen-bond donors (Lipinski definition) is 2. The average Bonchev–Trinajstić information content (AvgIpc) is 2.04. The number of benzene rings is 1. The minimum atomic E-state index is -0.689. The van der Waals surface area contributed by atoms with Crippen molar-refractivity contribution in [3.05, 3.63) is 35.4 Å². The quantitative estimate of drug-likeness (QED) is 0.667. The van der Waals surface area contributed by atoms with Gasteiger partial charge in [0, 0.05) is 0 Å². The first-order valence-corrected chi connectivity index (χ1v) is 3.72. The molecule has 0 fully saturated rings. The Labute approximate surface area is 71.4 Å². The first kappa shape index (κ1) is 8.74. The number of rotatable bonds is 2. The van der Waals surface area contributed by atoms with E-state index in [4.69, 9.17) is 11.5 Å². The van der Waals surface area contributed by atoms with E-state index in [1.54, 1.807) is 0 Å². The van der Waals surface area contributed by atoms with Crippen molar-refractivity contribution in [2.45, 2.75) is 13.0 Å². The molecule has 12 heavy (non-hydrogen) atoms.